The van der Waals surface area contributed by atoms with E-state index in [2.05, 4.69) is 65.0 Å². The molecule has 2 heterocycles. The van der Waals surface area contributed by atoms with Crippen LogP contribution in [0, 0.1) is 0 Å². The van der Waals surface area contributed by atoms with Gasteiger partial charge in [0.05, 0.1) is 5.69 Å². The predicted molar refractivity (Wildman–Crippen MR) is 78.6 cm³/mol. The minimum absolute atomic E-state index is 1.06. The molecule has 0 unspecified atom stereocenters. The lowest BCUT2D eigenvalue weighted by molar-refractivity contribution is -0.491. The van der Waals surface area contributed by atoms with Gasteiger partial charge in [-0.3, -0.25) is 10.3 Å². The molecule has 0 saturated carbocycles. The van der Waals surface area contributed by atoms with Gasteiger partial charge in [0.25, 0.3) is 0 Å². The Balaban J connectivity index is 1.78. The Morgan fingerprint density at radius 3 is 2.63 bits per heavy atom. The number of quaternary nitrogens is 1. The summed E-state index contributed by atoms with van der Waals surface area (Å²) in [4.78, 5) is 4.45. The first kappa shape index (κ1) is 10.5. The fourth-order valence-corrected chi connectivity index (χ4v) is 2.62. The number of allylic oxidation sites excluding steroid dienone is 3. The van der Waals surface area contributed by atoms with Gasteiger partial charge in [-0.25, -0.2) is 0 Å². The molecule has 0 spiro atoms. The van der Waals surface area contributed by atoms with Gasteiger partial charge < -0.3 is 0 Å². The zero-order valence-corrected chi connectivity index (χ0v) is 10.4. The van der Waals surface area contributed by atoms with Crippen molar-refractivity contribution in [2.75, 3.05) is 0 Å². The number of benzene rings is 2. The molecule has 90 valence electrons. The van der Waals surface area contributed by atoms with Gasteiger partial charge >= 0.3 is 0 Å². The number of para-hydroxylation sites is 2. The Morgan fingerprint density at radius 2 is 1.68 bits per heavy atom. The van der Waals surface area contributed by atoms with Gasteiger partial charge in [0.1, 0.15) is 11.9 Å². The molecule has 0 bridgehead atoms. The molecular weight excluding hydrogens is 232 g/mol. The van der Waals surface area contributed by atoms with Crippen molar-refractivity contribution in [2.45, 2.75) is 0 Å². The Hall–Kier alpha value is -2.45. The maximum absolute atomic E-state index is 4.45. The van der Waals surface area contributed by atoms with Crippen molar-refractivity contribution >= 4 is 28.7 Å². The van der Waals surface area contributed by atoms with Gasteiger partial charge in [-0.05, 0) is 18.2 Å². The predicted octanol–water partition coefficient (Wildman–Crippen LogP) is 3.04. The molecule has 2 aromatic rings. The summed E-state index contributed by atoms with van der Waals surface area (Å²) in [7, 11) is 0. The van der Waals surface area contributed by atoms with Gasteiger partial charge in [0.15, 0.2) is 0 Å². The lowest BCUT2D eigenvalue weighted by Crippen LogP contribution is -2.69. The topological polar surface area (TPSA) is 29.0 Å². The number of aliphatic imine (C=N–C) groups is 1. The number of nitrogens with zero attached hydrogens (tertiary/aromatic N) is 1. The summed E-state index contributed by atoms with van der Waals surface area (Å²) < 4.78 is 0. The van der Waals surface area contributed by atoms with Crippen LogP contribution in [0.2, 0.25) is 0 Å². The molecular formula is C17H13N2+. The summed E-state index contributed by atoms with van der Waals surface area (Å²) in [6.07, 6.45) is 6.34. The molecule has 2 aliphatic rings. The Bertz CT molecular complexity index is 751. The first-order chi connectivity index (χ1) is 9.42. The third kappa shape index (κ3) is 1.65. The summed E-state index contributed by atoms with van der Waals surface area (Å²) in [5.74, 6) is 0. The molecule has 2 nitrogen and oxygen atoms in total. The number of hydrogen-bond donors (Lipinski definition) is 1. The van der Waals surface area contributed by atoms with Crippen molar-refractivity contribution in [3.05, 3.63) is 71.9 Å². The van der Waals surface area contributed by atoms with Crippen LogP contribution in [0.25, 0.3) is 11.1 Å². The summed E-state index contributed by atoms with van der Waals surface area (Å²) in [6.45, 7) is 0. The third-order valence-corrected chi connectivity index (χ3v) is 3.58. The standard InChI is InChI=1S/C17H12N2/c1-3-7-16-14(5-1)12(10-18-16)9-13-11-19-17-8-4-2-6-15(13)17/h1-11,18H/p+1/b13-9+. The number of fused-ring (bicyclic) bond motifs is 2. The van der Waals surface area contributed by atoms with Crippen LogP contribution in [0.3, 0.4) is 0 Å². The van der Waals surface area contributed by atoms with E-state index in [9.17, 15) is 0 Å². The van der Waals surface area contributed by atoms with E-state index in [4.69, 9.17) is 0 Å². The van der Waals surface area contributed by atoms with E-state index < -0.39 is 0 Å². The quantitative estimate of drug-likeness (QED) is 0.748. The maximum Gasteiger partial charge on any atom is 0.142 e. The molecule has 4 rings (SSSR count). The zero-order valence-electron chi connectivity index (χ0n) is 10.4. The molecule has 0 atom stereocenters. The normalized spacial score (nSPS) is 17.5. The first-order valence-electron chi connectivity index (χ1n) is 6.41. The van der Waals surface area contributed by atoms with E-state index in [1.807, 2.05) is 12.3 Å². The first-order valence-corrected chi connectivity index (χ1v) is 6.41. The average Bonchev–Trinajstić information content (AvgIpc) is 3.05. The molecule has 0 aliphatic carbocycles. The third-order valence-electron chi connectivity index (χ3n) is 3.58. The fraction of sp³-hybridized carbons (Fsp3) is 0. The van der Waals surface area contributed by atoms with Gasteiger partial charge in [0.2, 0.25) is 0 Å². The van der Waals surface area contributed by atoms with Crippen molar-refractivity contribution in [1.82, 2.24) is 0 Å². The van der Waals surface area contributed by atoms with Crippen LogP contribution in [0.15, 0.2) is 65.8 Å². The van der Waals surface area contributed by atoms with E-state index in [0.29, 0.717) is 0 Å². The molecule has 0 aromatic heterocycles. The number of nitrogens with two attached hydrogens (primary N) is 1. The summed E-state index contributed by atoms with van der Waals surface area (Å²) in [5, 5.41) is 2.17. The molecule has 2 N–H and O–H groups in total. The highest BCUT2D eigenvalue weighted by atomic mass is 14.9. The zero-order chi connectivity index (χ0) is 12.7. The Kier molecular flexibility index (Phi) is 2.23. The van der Waals surface area contributed by atoms with E-state index >= 15 is 0 Å². The second-order valence-electron chi connectivity index (χ2n) is 4.75. The minimum Gasteiger partial charge on any atom is -0.287 e. The molecule has 19 heavy (non-hydrogen) atoms. The molecule has 2 aromatic carbocycles. The average molecular weight is 245 g/mol. The van der Waals surface area contributed by atoms with Crippen LogP contribution in [0.5, 0.6) is 0 Å². The summed E-state index contributed by atoms with van der Waals surface area (Å²) >= 11 is 0. The highest BCUT2D eigenvalue weighted by molar-refractivity contribution is 6.18. The van der Waals surface area contributed by atoms with E-state index in [-0.39, 0.29) is 0 Å². The molecule has 2 aliphatic heterocycles. The molecule has 0 radical (unpaired) electrons. The maximum atomic E-state index is 4.45. The van der Waals surface area contributed by atoms with Gasteiger partial charge in [-0.1, -0.05) is 30.3 Å². The van der Waals surface area contributed by atoms with Gasteiger partial charge in [-0.2, -0.15) is 0 Å². The lowest BCUT2D eigenvalue weighted by atomic mass is 10.0. The van der Waals surface area contributed by atoms with Gasteiger partial charge in [0, 0.05) is 34.6 Å². The van der Waals surface area contributed by atoms with Crippen molar-refractivity contribution < 1.29 is 5.32 Å². The Morgan fingerprint density at radius 1 is 0.895 bits per heavy atom. The smallest absolute Gasteiger partial charge is 0.142 e. The second-order valence-corrected chi connectivity index (χ2v) is 4.75. The summed E-state index contributed by atoms with van der Waals surface area (Å²) in [5.41, 5.74) is 7.31. The molecule has 0 amide bonds. The Labute approximate surface area is 111 Å². The van der Waals surface area contributed by atoms with E-state index in [0.717, 1.165) is 5.69 Å². The van der Waals surface area contributed by atoms with Crippen LogP contribution >= 0.6 is 0 Å². The van der Waals surface area contributed by atoms with Crippen LogP contribution in [-0.2, 0) is 0 Å². The highest BCUT2D eigenvalue weighted by Gasteiger charge is 2.18. The summed E-state index contributed by atoms with van der Waals surface area (Å²) in [6, 6.07) is 16.7. The van der Waals surface area contributed by atoms with Gasteiger partial charge in [-0.15, -0.1) is 0 Å². The van der Waals surface area contributed by atoms with E-state index in [1.165, 1.54) is 28.0 Å². The van der Waals surface area contributed by atoms with Crippen molar-refractivity contribution in [3.63, 3.8) is 0 Å². The van der Waals surface area contributed by atoms with Crippen LogP contribution in [0.1, 0.15) is 11.1 Å². The van der Waals surface area contributed by atoms with Crippen molar-refractivity contribution in [3.8, 4) is 0 Å². The van der Waals surface area contributed by atoms with Crippen molar-refractivity contribution in [2.24, 2.45) is 4.99 Å². The molecule has 0 saturated heterocycles. The highest BCUT2D eigenvalue weighted by Crippen LogP contribution is 2.34. The lowest BCUT2D eigenvalue weighted by Gasteiger charge is -2.00. The molecule has 2 heteroatoms. The monoisotopic (exact) mass is 245 g/mol. The van der Waals surface area contributed by atoms with Crippen LogP contribution in [0.4, 0.5) is 11.4 Å². The van der Waals surface area contributed by atoms with Crippen molar-refractivity contribution in [1.29, 1.82) is 0 Å². The fourth-order valence-electron chi connectivity index (χ4n) is 2.62. The largest absolute Gasteiger partial charge is 0.287 e. The van der Waals surface area contributed by atoms with E-state index in [1.54, 1.807) is 0 Å². The SMILES string of the molecule is C1=Nc2ccccc2/C1=C/C1=C[NH2+]c2ccccc21. The number of hydrogen-bond acceptors (Lipinski definition) is 1. The number of rotatable bonds is 1. The molecule has 0 fully saturated rings. The van der Waals surface area contributed by atoms with Crippen LogP contribution in [-0.4, -0.2) is 6.21 Å². The second kappa shape index (κ2) is 4.04. The van der Waals surface area contributed by atoms with Crippen LogP contribution < -0.4 is 5.32 Å². The minimum atomic E-state index is 1.06.